The molecule has 0 heterocycles. The molecule has 0 unspecified atom stereocenters. The van der Waals surface area contributed by atoms with E-state index in [0.29, 0.717) is 0 Å². The second kappa shape index (κ2) is 8.04. The van der Waals surface area contributed by atoms with Crippen molar-refractivity contribution in [2.24, 2.45) is 0 Å². The molecule has 0 bridgehead atoms. The molecule has 1 aliphatic carbocycles. The van der Waals surface area contributed by atoms with Crippen LogP contribution in [0.15, 0.2) is 34.9 Å². The van der Waals surface area contributed by atoms with Crippen molar-refractivity contribution >= 4 is 6.29 Å². The van der Waals surface area contributed by atoms with Gasteiger partial charge in [0.05, 0.1) is 6.10 Å². The molecule has 0 aromatic heterocycles. The minimum Gasteiger partial charge on any atom is -0.377 e. The molecule has 0 fully saturated rings. The van der Waals surface area contributed by atoms with E-state index in [-0.39, 0.29) is 6.10 Å². The molecule has 0 N–H and O–H groups in total. The summed E-state index contributed by atoms with van der Waals surface area (Å²) in [5.74, 6) is 0. The number of carbonyl (C=O) groups is 1. The number of carbonyl (C=O) groups excluding carboxylic acids is 1. The van der Waals surface area contributed by atoms with Crippen molar-refractivity contribution in [1.82, 2.24) is 0 Å². The number of hydrogen-bond acceptors (Lipinski definition) is 2. The third kappa shape index (κ3) is 5.46. The van der Waals surface area contributed by atoms with Crippen molar-refractivity contribution in [3.63, 3.8) is 0 Å². The van der Waals surface area contributed by atoms with Crippen LogP contribution in [0.3, 0.4) is 0 Å². The maximum absolute atomic E-state index is 11.0. The summed E-state index contributed by atoms with van der Waals surface area (Å²) in [6.07, 6.45) is 12.3. The highest BCUT2D eigenvalue weighted by Crippen LogP contribution is 2.17. The lowest BCUT2D eigenvalue weighted by Gasteiger charge is -2.13. The normalized spacial score (nSPS) is 31.7. The van der Waals surface area contributed by atoms with Crippen LogP contribution in [-0.4, -0.2) is 19.5 Å². The number of methoxy groups -OCH3 is 1. The molecule has 0 aromatic carbocycles. The van der Waals surface area contributed by atoms with Crippen LogP contribution in [0.5, 0.6) is 0 Å². The third-order valence-corrected chi connectivity index (χ3v) is 3.33. The molecule has 1 rings (SSSR count). The first-order chi connectivity index (χ1) is 8.65. The quantitative estimate of drug-likeness (QED) is 0.545. The van der Waals surface area contributed by atoms with Crippen molar-refractivity contribution in [2.45, 2.75) is 52.1 Å². The molecular weight excluding hydrogens is 224 g/mol. The van der Waals surface area contributed by atoms with Gasteiger partial charge in [0.15, 0.2) is 0 Å². The van der Waals surface area contributed by atoms with Crippen LogP contribution in [0, 0.1) is 0 Å². The van der Waals surface area contributed by atoms with Crippen LogP contribution in [0.4, 0.5) is 0 Å². The smallest absolute Gasteiger partial charge is 0.145 e. The summed E-state index contributed by atoms with van der Waals surface area (Å²) in [5.41, 5.74) is 3.59. The maximum atomic E-state index is 11.0. The highest BCUT2D eigenvalue weighted by molar-refractivity contribution is 5.73. The lowest BCUT2D eigenvalue weighted by Crippen LogP contribution is -2.09. The second-order valence-electron chi connectivity index (χ2n) is 5.02. The number of allylic oxidation sites excluding steroid dienone is 4. The maximum Gasteiger partial charge on any atom is 0.145 e. The van der Waals surface area contributed by atoms with Crippen molar-refractivity contribution in [3.05, 3.63) is 34.9 Å². The van der Waals surface area contributed by atoms with Gasteiger partial charge >= 0.3 is 0 Å². The van der Waals surface area contributed by atoms with Crippen LogP contribution in [0.2, 0.25) is 0 Å². The van der Waals surface area contributed by atoms with Gasteiger partial charge in [-0.05, 0) is 57.6 Å². The van der Waals surface area contributed by atoms with E-state index >= 15 is 0 Å². The Morgan fingerprint density at radius 2 is 1.83 bits per heavy atom. The average molecular weight is 248 g/mol. The van der Waals surface area contributed by atoms with Gasteiger partial charge in [0.2, 0.25) is 0 Å². The Bertz CT molecular complexity index is 361. The lowest BCUT2D eigenvalue weighted by atomic mass is 10.0. The van der Waals surface area contributed by atoms with Crippen LogP contribution in [0.25, 0.3) is 0 Å². The molecule has 2 heteroatoms. The first kappa shape index (κ1) is 14.9. The molecule has 100 valence electrons. The summed E-state index contributed by atoms with van der Waals surface area (Å²) in [6.45, 7) is 4.29. The third-order valence-electron chi connectivity index (χ3n) is 3.33. The van der Waals surface area contributed by atoms with E-state index in [2.05, 4.69) is 26.0 Å². The van der Waals surface area contributed by atoms with E-state index in [1.165, 1.54) is 11.1 Å². The predicted octanol–water partition coefficient (Wildman–Crippen LogP) is 3.98. The summed E-state index contributed by atoms with van der Waals surface area (Å²) in [5, 5.41) is 0. The van der Waals surface area contributed by atoms with Crippen molar-refractivity contribution in [2.75, 3.05) is 7.11 Å². The van der Waals surface area contributed by atoms with Gasteiger partial charge in [-0.1, -0.05) is 23.3 Å². The molecule has 1 atom stereocenters. The van der Waals surface area contributed by atoms with Gasteiger partial charge in [0, 0.05) is 7.11 Å². The highest BCUT2D eigenvalue weighted by atomic mass is 16.5. The summed E-state index contributed by atoms with van der Waals surface area (Å²) >= 11 is 0. The number of rotatable bonds is 2. The number of ether oxygens (including phenoxy) is 1. The fourth-order valence-electron chi connectivity index (χ4n) is 2.16. The topological polar surface area (TPSA) is 26.3 Å². The zero-order valence-electron chi connectivity index (χ0n) is 11.7. The van der Waals surface area contributed by atoms with E-state index in [1.807, 2.05) is 6.08 Å². The first-order valence-corrected chi connectivity index (χ1v) is 6.65. The molecule has 0 spiro atoms. The zero-order chi connectivity index (χ0) is 13.4. The van der Waals surface area contributed by atoms with E-state index in [0.717, 1.165) is 44.0 Å². The van der Waals surface area contributed by atoms with Crippen LogP contribution in [-0.2, 0) is 9.53 Å². The monoisotopic (exact) mass is 248 g/mol. The summed E-state index contributed by atoms with van der Waals surface area (Å²) < 4.78 is 5.43. The largest absolute Gasteiger partial charge is 0.377 e. The number of aldehydes is 1. The Balaban J connectivity index is 2.87. The number of hydrogen-bond donors (Lipinski definition) is 0. The summed E-state index contributed by atoms with van der Waals surface area (Å²) in [4.78, 5) is 11.0. The fourth-order valence-corrected chi connectivity index (χ4v) is 2.16. The zero-order valence-corrected chi connectivity index (χ0v) is 11.7. The van der Waals surface area contributed by atoms with Crippen LogP contribution < -0.4 is 0 Å². The average Bonchev–Trinajstić information content (AvgIpc) is 2.34. The highest BCUT2D eigenvalue weighted by Gasteiger charge is 2.07. The van der Waals surface area contributed by atoms with Gasteiger partial charge < -0.3 is 4.74 Å². The molecule has 0 saturated carbocycles. The van der Waals surface area contributed by atoms with Gasteiger partial charge in [0.25, 0.3) is 0 Å². The fraction of sp³-hybridized carbons (Fsp3) is 0.562. The van der Waals surface area contributed by atoms with Crippen molar-refractivity contribution < 1.29 is 9.53 Å². The first-order valence-electron chi connectivity index (χ1n) is 6.65. The minimum absolute atomic E-state index is 0.0194. The van der Waals surface area contributed by atoms with Crippen LogP contribution in [0.1, 0.15) is 46.0 Å². The van der Waals surface area contributed by atoms with Crippen molar-refractivity contribution in [1.29, 1.82) is 0 Å². The van der Waals surface area contributed by atoms with Gasteiger partial charge in [0.1, 0.15) is 6.29 Å². The summed E-state index contributed by atoms with van der Waals surface area (Å²) in [7, 11) is 1.70. The van der Waals surface area contributed by atoms with Gasteiger partial charge in [-0.15, -0.1) is 0 Å². The molecule has 1 aliphatic rings. The predicted molar refractivity (Wildman–Crippen MR) is 75.5 cm³/mol. The van der Waals surface area contributed by atoms with E-state index in [9.17, 15) is 4.79 Å². The Morgan fingerprint density at radius 1 is 1.17 bits per heavy atom. The van der Waals surface area contributed by atoms with E-state index in [1.54, 1.807) is 7.11 Å². The molecule has 2 nitrogen and oxygen atoms in total. The minimum atomic E-state index is 0.0194. The van der Waals surface area contributed by atoms with Gasteiger partial charge in [-0.3, -0.25) is 4.79 Å². The Hall–Kier alpha value is -1.15. The molecule has 0 aromatic rings. The van der Waals surface area contributed by atoms with Gasteiger partial charge in [-0.25, -0.2) is 0 Å². The Labute approximate surface area is 110 Å². The standard InChI is InChI=1S/C16H24O2/c1-13-6-4-8-14(2)10-16(18-3)11-15(12-17)9-5-7-13/h7-8,11-12,16H,4-6,9-10H2,1-3H3/b13-7+,14-8+,15-11-/t16-/m1/s1. The molecule has 0 aliphatic heterocycles. The Morgan fingerprint density at radius 3 is 2.50 bits per heavy atom. The Kier molecular flexibility index (Phi) is 6.66. The molecular formula is C16H24O2. The lowest BCUT2D eigenvalue weighted by molar-refractivity contribution is -0.105. The van der Waals surface area contributed by atoms with E-state index < -0.39 is 0 Å². The molecule has 0 saturated heterocycles. The van der Waals surface area contributed by atoms with Crippen molar-refractivity contribution in [3.8, 4) is 0 Å². The van der Waals surface area contributed by atoms with Crippen LogP contribution >= 0.6 is 0 Å². The SMILES string of the molecule is CO[C@H]1/C=C(\C=O)CC/C=C(\C)CC/C=C(\C)C1. The van der Waals surface area contributed by atoms with E-state index in [4.69, 9.17) is 4.74 Å². The molecule has 0 amide bonds. The molecule has 18 heavy (non-hydrogen) atoms. The summed E-state index contributed by atoms with van der Waals surface area (Å²) in [6, 6.07) is 0. The van der Waals surface area contributed by atoms with Gasteiger partial charge in [-0.2, -0.15) is 0 Å². The second-order valence-corrected chi connectivity index (χ2v) is 5.02. The molecule has 0 radical (unpaired) electrons.